The summed E-state index contributed by atoms with van der Waals surface area (Å²) in [5.74, 6) is -0.149. The number of aliphatic carboxylic acids is 1. The SMILES string of the molecule is Br.Br.O=C(O)CC1CCCC1. The fourth-order valence-electron chi connectivity index (χ4n) is 1.46. The van der Waals surface area contributed by atoms with Crippen molar-refractivity contribution in [2.24, 2.45) is 5.92 Å². The van der Waals surface area contributed by atoms with E-state index in [2.05, 4.69) is 0 Å². The molecule has 0 bridgehead atoms. The number of hydrogen-bond donors (Lipinski definition) is 1. The standard InChI is InChI=1S/C7H12O2.2BrH/c8-7(9)5-6-3-1-2-4-6;;/h6H,1-5H2,(H,8,9);2*1H. The molecule has 0 aliphatic heterocycles. The van der Waals surface area contributed by atoms with Crippen LogP contribution >= 0.6 is 34.0 Å². The van der Waals surface area contributed by atoms with E-state index >= 15 is 0 Å². The Morgan fingerprint density at radius 1 is 1.27 bits per heavy atom. The van der Waals surface area contributed by atoms with Gasteiger partial charge in [0.2, 0.25) is 0 Å². The molecule has 1 aliphatic carbocycles. The van der Waals surface area contributed by atoms with Crippen LogP contribution in [0.3, 0.4) is 0 Å². The van der Waals surface area contributed by atoms with Crippen LogP contribution < -0.4 is 0 Å². The minimum Gasteiger partial charge on any atom is -0.481 e. The Labute approximate surface area is 87.9 Å². The first kappa shape index (κ1) is 14.0. The Bertz CT molecular complexity index is 111. The second-order valence-electron chi connectivity index (χ2n) is 2.75. The van der Waals surface area contributed by atoms with Crippen LogP contribution in [0.5, 0.6) is 0 Å². The monoisotopic (exact) mass is 288 g/mol. The largest absolute Gasteiger partial charge is 0.481 e. The van der Waals surface area contributed by atoms with Gasteiger partial charge in [-0.3, -0.25) is 4.79 Å². The van der Waals surface area contributed by atoms with Crippen LogP contribution in [0.15, 0.2) is 0 Å². The third-order valence-electron chi connectivity index (χ3n) is 1.94. The highest BCUT2D eigenvalue weighted by molar-refractivity contribution is 8.93. The molecule has 11 heavy (non-hydrogen) atoms. The van der Waals surface area contributed by atoms with Gasteiger partial charge in [-0.25, -0.2) is 0 Å². The fraction of sp³-hybridized carbons (Fsp3) is 0.857. The number of halogens is 2. The first-order valence-corrected chi connectivity index (χ1v) is 3.51. The van der Waals surface area contributed by atoms with Crippen LogP contribution in [-0.4, -0.2) is 11.1 Å². The van der Waals surface area contributed by atoms with Crippen molar-refractivity contribution in [1.82, 2.24) is 0 Å². The van der Waals surface area contributed by atoms with Gasteiger partial charge in [-0.2, -0.15) is 0 Å². The predicted molar refractivity (Wildman–Crippen MR) is 54.9 cm³/mol. The van der Waals surface area contributed by atoms with E-state index in [0.29, 0.717) is 12.3 Å². The lowest BCUT2D eigenvalue weighted by Crippen LogP contribution is -2.02. The molecule has 4 heteroatoms. The lowest BCUT2D eigenvalue weighted by atomic mass is 10.1. The summed E-state index contributed by atoms with van der Waals surface area (Å²) in [5, 5.41) is 8.37. The van der Waals surface area contributed by atoms with Gasteiger partial charge < -0.3 is 5.11 Å². The smallest absolute Gasteiger partial charge is 0.303 e. The molecule has 1 aliphatic rings. The first-order valence-electron chi connectivity index (χ1n) is 3.51. The van der Waals surface area contributed by atoms with Crippen molar-refractivity contribution < 1.29 is 9.90 Å². The highest BCUT2D eigenvalue weighted by atomic mass is 79.9. The lowest BCUT2D eigenvalue weighted by molar-refractivity contribution is -0.138. The van der Waals surface area contributed by atoms with Crippen molar-refractivity contribution in [2.75, 3.05) is 0 Å². The molecule has 68 valence electrons. The van der Waals surface area contributed by atoms with Crippen LogP contribution in [0.1, 0.15) is 32.1 Å². The summed E-state index contributed by atoms with van der Waals surface area (Å²) >= 11 is 0. The molecule has 0 aromatic heterocycles. The number of carboxylic acids is 1. The molecule has 2 nitrogen and oxygen atoms in total. The molecule has 1 rings (SSSR count). The van der Waals surface area contributed by atoms with Crippen molar-refractivity contribution in [1.29, 1.82) is 0 Å². The van der Waals surface area contributed by atoms with E-state index < -0.39 is 5.97 Å². The second-order valence-corrected chi connectivity index (χ2v) is 2.75. The first-order chi connectivity index (χ1) is 4.29. The lowest BCUT2D eigenvalue weighted by Gasteiger charge is -2.01. The molecule has 0 aromatic carbocycles. The summed E-state index contributed by atoms with van der Waals surface area (Å²) in [6.45, 7) is 0. The normalized spacial score (nSPS) is 16.7. The van der Waals surface area contributed by atoms with E-state index in [4.69, 9.17) is 5.11 Å². The molecule has 1 N–H and O–H groups in total. The molecule has 0 radical (unpaired) electrons. The van der Waals surface area contributed by atoms with Gasteiger partial charge in [0.05, 0.1) is 0 Å². The summed E-state index contributed by atoms with van der Waals surface area (Å²) in [4.78, 5) is 10.2. The highest BCUT2D eigenvalue weighted by Crippen LogP contribution is 2.27. The zero-order valence-corrected chi connectivity index (χ0v) is 9.71. The number of carboxylic acid groups (broad SMARTS) is 1. The molecule has 0 heterocycles. The third kappa shape index (κ3) is 5.67. The Hall–Kier alpha value is 0.430. The van der Waals surface area contributed by atoms with Crippen LogP contribution in [0.4, 0.5) is 0 Å². The maximum absolute atomic E-state index is 10.2. The average molecular weight is 290 g/mol. The summed E-state index contributed by atoms with van der Waals surface area (Å²) in [6.07, 6.45) is 5.12. The predicted octanol–water partition coefficient (Wildman–Crippen LogP) is 2.81. The highest BCUT2D eigenvalue weighted by Gasteiger charge is 2.17. The average Bonchev–Trinajstić information content (AvgIpc) is 2.15. The molecule has 0 unspecified atom stereocenters. The Morgan fingerprint density at radius 3 is 2.09 bits per heavy atom. The topological polar surface area (TPSA) is 37.3 Å². The van der Waals surface area contributed by atoms with Crippen molar-refractivity contribution in [3.8, 4) is 0 Å². The van der Waals surface area contributed by atoms with Gasteiger partial charge in [0.15, 0.2) is 0 Å². The quantitative estimate of drug-likeness (QED) is 0.849. The minimum atomic E-state index is -0.637. The van der Waals surface area contributed by atoms with E-state index in [1.165, 1.54) is 12.8 Å². The summed E-state index contributed by atoms with van der Waals surface area (Å²) < 4.78 is 0. The van der Waals surface area contributed by atoms with Crippen molar-refractivity contribution in [3.05, 3.63) is 0 Å². The molecule has 0 atom stereocenters. The Kier molecular flexibility index (Phi) is 9.02. The van der Waals surface area contributed by atoms with Crippen LogP contribution in [-0.2, 0) is 4.79 Å². The van der Waals surface area contributed by atoms with Crippen molar-refractivity contribution in [2.45, 2.75) is 32.1 Å². The summed E-state index contributed by atoms with van der Waals surface area (Å²) in [7, 11) is 0. The van der Waals surface area contributed by atoms with Gasteiger partial charge in [-0.15, -0.1) is 34.0 Å². The van der Waals surface area contributed by atoms with Gasteiger partial charge in [0.1, 0.15) is 0 Å². The summed E-state index contributed by atoms with van der Waals surface area (Å²) in [5.41, 5.74) is 0. The molecule has 0 saturated heterocycles. The third-order valence-corrected chi connectivity index (χ3v) is 1.94. The van der Waals surface area contributed by atoms with Gasteiger partial charge in [-0.05, 0) is 18.8 Å². The van der Waals surface area contributed by atoms with Crippen LogP contribution in [0.25, 0.3) is 0 Å². The number of hydrogen-bond acceptors (Lipinski definition) is 1. The van der Waals surface area contributed by atoms with E-state index in [-0.39, 0.29) is 34.0 Å². The maximum Gasteiger partial charge on any atom is 0.303 e. The molecule has 1 saturated carbocycles. The Morgan fingerprint density at radius 2 is 1.73 bits per heavy atom. The van der Waals surface area contributed by atoms with Gasteiger partial charge in [-0.1, -0.05) is 12.8 Å². The van der Waals surface area contributed by atoms with Gasteiger partial charge >= 0.3 is 5.97 Å². The zero-order valence-electron chi connectivity index (χ0n) is 6.28. The zero-order chi connectivity index (χ0) is 6.69. The number of carbonyl (C=O) groups is 1. The molecular weight excluding hydrogens is 276 g/mol. The van der Waals surface area contributed by atoms with E-state index in [1.54, 1.807) is 0 Å². The van der Waals surface area contributed by atoms with Crippen molar-refractivity contribution in [3.63, 3.8) is 0 Å². The summed E-state index contributed by atoms with van der Waals surface area (Å²) in [6, 6.07) is 0. The number of rotatable bonds is 2. The molecule has 0 spiro atoms. The van der Waals surface area contributed by atoms with E-state index in [9.17, 15) is 4.79 Å². The molecular formula is C7H14Br2O2. The van der Waals surface area contributed by atoms with E-state index in [1.807, 2.05) is 0 Å². The maximum atomic E-state index is 10.2. The Balaban J connectivity index is 0. The van der Waals surface area contributed by atoms with Crippen LogP contribution in [0.2, 0.25) is 0 Å². The van der Waals surface area contributed by atoms with E-state index in [0.717, 1.165) is 12.8 Å². The van der Waals surface area contributed by atoms with Gasteiger partial charge in [0, 0.05) is 6.42 Å². The molecule has 1 fully saturated rings. The van der Waals surface area contributed by atoms with Crippen molar-refractivity contribution >= 4 is 39.9 Å². The van der Waals surface area contributed by atoms with Crippen LogP contribution in [0, 0.1) is 5.92 Å². The molecule has 0 aromatic rings. The minimum absolute atomic E-state index is 0. The molecule has 0 amide bonds. The second kappa shape index (κ2) is 7.10. The van der Waals surface area contributed by atoms with Gasteiger partial charge in [0.25, 0.3) is 0 Å². The fourth-order valence-corrected chi connectivity index (χ4v) is 1.46.